The normalized spacial score (nSPS) is 12.3. The Balaban J connectivity index is 1.71. The fraction of sp³-hybridized carbons (Fsp3) is 0.417. The summed E-state index contributed by atoms with van der Waals surface area (Å²) in [6.07, 6.45) is 0.832. The lowest BCUT2D eigenvalue weighted by Crippen LogP contribution is -2.31. The number of para-hydroxylation sites is 3. The summed E-state index contributed by atoms with van der Waals surface area (Å²) in [5.74, 6) is 2.05. The van der Waals surface area contributed by atoms with Gasteiger partial charge in [0.15, 0.2) is 0 Å². The standard InChI is InChI=1S/C24H31N3O3/c1-17(2)19-10-5-8-13-22(19)30-15-9-14-27-21-12-7-6-11-20(21)26-24(27)18(3)25-23(28)16-29-4/h5-8,10-13,17-18H,9,14-16H2,1-4H3,(H,25,28). The van der Waals surface area contributed by atoms with Crippen LogP contribution in [-0.2, 0) is 16.1 Å². The lowest BCUT2D eigenvalue weighted by atomic mass is 10.0. The quantitative estimate of drug-likeness (QED) is 0.502. The molecule has 1 N–H and O–H groups in total. The molecule has 0 saturated carbocycles. The fourth-order valence-electron chi connectivity index (χ4n) is 3.63. The molecule has 2 aromatic carbocycles. The molecule has 1 atom stereocenters. The predicted octanol–water partition coefficient (Wildman–Crippen LogP) is 4.45. The number of amides is 1. The first-order valence-corrected chi connectivity index (χ1v) is 10.5. The van der Waals surface area contributed by atoms with Crippen molar-refractivity contribution < 1.29 is 14.3 Å². The summed E-state index contributed by atoms with van der Waals surface area (Å²) in [5.41, 5.74) is 3.20. The number of ether oxygens (including phenoxy) is 2. The van der Waals surface area contributed by atoms with E-state index in [1.807, 2.05) is 43.3 Å². The summed E-state index contributed by atoms with van der Waals surface area (Å²) in [7, 11) is 1.51. The highest BCUT2D eigenvalue weighted by Gasteiger charge is 2.18. The number of benzene rings is 2. The number of aryl methyl sites for hydroxylation is 1. The van der Waals surface area contributed by atoms with Crippen LogP contribution in [0.5, 0.6) is 5.75 Å². The van der Waals surface area contributed by atoms with Gasteiger partial charge >= 0.3 is 0 Å². The Morgan fingerprint density at radius 3 is 2.60 bits per heavy atom. The van der Waals surface area contributed by atoms with Crippen LogP contribution in [0.25, 0.3) is 11.0 Å². The van der Waals surface area contributed by atoms with E-state index in [0.717, 1.165) is 35.6 Å². The van der Waals surface area contributed by atoms with Gasteiger partial charge in [0.1, 0.15) is 18.2 Å². The number of imidazole rings is 1. The molecule has 0 fully saturated rings. The third-order valence-electron chi connectivity index (χ3n) is 5.05. The van der Waals surface area contributed by atoms with E-state index < -0.39 is 0 Å². The number of hydrogen-bond donors (Lipinski definition) is 1. The van der Waals surface area contributed by atoms with Crippen molar-refractivity contribution in [2.45, 2.75) is 45.7 Å². The smallest absolute Gasteiger partial charge is 0.246 e. The Bertz CT molecular complexity index is 981. The third kappa shape index (κ3) is 5.19. The number of nitrogens with zero attached hydrogens (tertiary/aromatic N) is 2. The highest BCUT2D eigenvalue weighted by Crippen LogP contribution is 2.26. The van der Waals surface area contributed by atoms with Gasteiger partial charge in [-0.1, -0.05) is 44.2 Å². The Morgan fingerprint density at radius 2 is 1.83 bits per heavy atom. The first-order chi connectivity index (χ1) is 14.5. The minimum absolute atomic E-state index is 0.0354. The van der Waals surface area contributed by atoms with Gasteiger partial charge in [-0.3, -0.25) is 4.79 Å². The molecule has 1 heterocycles. The molecule has 30 heavy (non-hydrogen) atoms. The van der Waals surface area contributed by atoms with Crippen molar-refractivity contribution in [1.82, 2.24) is 14.9 Å². The Morgan fingerprint density at radius 1 is 1.10 bits per heavy atom. The first-order valence-electron chi connectivity index (χ1n) is 10.5. The molecule has 160 valence electrons. The highest BCUT2D eigenvalue weighted by molar-refractivity contribution is 5.78. The molecule has 0 radical (unpaired) electrons. The van der Waals surface area contributed by atoms with E-state index in [1.165, 1.54) is 12.7 Å². The number of aromatic nitrogens is 2. The molecule has 0 aliphatic rings. The van der Waals surface area contributed by atoms with Crippen molar-refractivity contribution in [1.29, 1.82) is 0 Å². The fourth-order valence-corrected chi connectivity index (χ4v) is 3.63. The molecule has 3 rings (SSSR count). The first kappa shape index (κ1) is 21.8. The summed E-state index contributed by atoms with van der Waals surface area (Å²) < 4.78 is 13.2. The molecular weight excluding hydrogens is 378 g/mol. The Kier molecular flexibility index (Phi) is 7.46. The van der Waals surface area contributed by atoms with Crippen LogP contribution >= 0.6 is 0 Å². The van der Waals surface area contributed by atoms with Gasteiger partial charge in [-0.2, -0.15) is 0 Å². The van der Waals surface area contributed by atoms with Crippen molar-refractivity contribution in [3.05, 3.63) is 59.9 Å². The van der Waals surface area contributed by atoms with Crippen molar-refractivity contribution in [3.63, 3.8) is 0 Å². The van der Waals surface area contributed by atoms with E-state index in [2.05, 4.69) is 35.9 Å². The Labute approximate surface area is 178 Å². The van der Waals surface area contributed by atoms with Crippen molar-refractivity contribution in [2.24, 2.45) is 0 Å². The summed E-state index contributed by atoms with van der Waals surface area (Å²) in [4.78, 5) is 16.7. The van der Waals surface area contributed by atoms with E-state index in [1.54, 1.807) is 0 Å². The molecule has 6 nitrogen and oxygen atoms in total. The maximum atomic E-state index is 12.0. The molecule has 0 bridgehead atoms. The SMILES string of the molecule is COCC(=O)NC(C)c1nc2ccccc2n1CCCOc1ccccc1C(C)C. The Hall–Kier alpha value is -2.86. The van der Waals surface area contributed by atoms with Crippen molar-refractivity contribution in [3.8, 4) is 5.75 Å². The number of hydrogen-bond acceptors (Lipinski definition) is 4. The van der Waals surface area contributed by atoms with E-state index in [4.69, 9.17) is 14.5 Å². The summed E-state index contributed by atoms with van der Waals surface area (Å²) in [6.45, 7) is 7.69. The number of nitrogens with one attached hydrogen (secondary N) is 1. The monoisotopic (exact) mass is 409 g/mol. The van der Waals surface area contributed by atoms with Crippen LogP contribution in [0.3, 0.4) is 0 Å². The topological polar surface area (TPSA) is 65.4 Å². The summed E-state index contributed by atoms with van der Waals surface area (Å²) in [6, 6.07) is 16.0. The molecule has 0 aliphatic heterocycles. The zero-order chi connectivity index (χ0) is 21.5. The van der Waals surface area contributed by atoms with E-state index in [9.17, 15) is 4.79 Å². The molecule has 1 amide bonds. The number of carbonyl (C=O) groups is 1. The van der Waals surface area contributed by atoms with Crippen LogP contribution < -0.4 is 10.1 Å². The van der Waals surface area contributed by atoms with Gasteiger partial charge in [-0.15, -0.1) is 0 Å². The van der Waals surface area contributed by atoms with E-state index in [0.29, 0.717) is 12.5 Å². The van der Waals surface area contributed by atoms with Crippen molar-refractivity contribution >= 4 is 16.9 Å². The van der Waals surface area contributed by atoms with Crippen LogP contribution in [0.4, 0.5) is 0 Å². The summed E-state index contributed by atoms with van der Waals surface area (Å²) in [5, 5.41) is 2.96. The summed E-state index contributed by atoms with van der Waals surface area (Å²) >= 11 is 0. The minimum Gasteiger partial charge on any atom is -0.493 e. The van der Waals surface area contributed by atoms with Gasteiger partial charge in [0.2, 0.25) is 5.91 Å². The number of fused-ring (bicyclic) bond motifs is 1. The zero-order valence-electron chi connectivity index (χ0n) is 18.2. The molecule has 3 aromatic rings. The maximum absolute atomic E-state index is 12.0. The minimum atomic E-state index is -0.220. The van der Waals surface area contributed by atoms with Crippen LogP contribution in [0, 0.1) is 0 Å². The van der Waals surface area contributed by atoms with Crippen molar-refractivity contribution in [2.75, 3.05) is 20.3 Å². The lowest BCUT2D eigenvalue weighted by molar-refractivity contribution is -0.125. The number of carbonyl (C=O) groups excluding carboxylic acids is 1. The second-order valence-corrected chi connectivity index (χ2v) is 7.73. The van der Waals surface area contributed by atoms with Gasteiger partial charge in [0, 0.05) is 13.7 Å². The zero-order valence-corrected chi connectivity index (χ0v) is 18.2. The van der Waals surface area contributed by atoms with E-state index in [-0.39, 0.29) is 18.6 Å². The van der Waals surface area contributed by atoms with Crippen LogP contribution in [0.2, 0.25) is 0 Å². The third-order valence-corrected chi connectivity index (χ3v) is 5.05. The second-order valence-electron chi connectivity index (χ2n) is 7.73. The average molecular weight is 410 g/mol. The second kappa shape index (κ2) is 10.3. The molecule has 1 unspecified atom stereocenters. The molecule has 6 heteroatoms. The molecule has 0 aliphatic carbocycles. The lowest BCUT2D eigenvalue weighted by Gasteiger charge is -2.17. The number of methoxy groups -OCH3 is 1. The molecule has 1 aromatic heterocycles. The van der Waals surface area contributed by atoms with Gasteiger partial charge < -0.3 is 19.4 Å². The van der Waals surface area contributed by atoms with E-state index >= 15 is 0 Å². The highest BCUT2D eigenvalue weighted by atomic mass is 16.5. The van der Waals surface area contributed by atoms with Crippen LogP contribution in [0.15, 0.2) is 48.5 Å². The number of rotatable bonds is 10. The molecule has 0 spiro atoms. The maximum Gasteiger partial charge on any atom is 0.246 e. The van der Waals surface area contributed by atoms with Gasteiger partial charge in [0.25, 0.3) is 0 Å². The molecular formula is C24H31N3O3. The van der Waals surface area contributed by atoms with Gasteiger partial charge in [-0.25, -0.2) is 4.98 Å². The van der Waals surface area contributed by atoms with Crippen LogP contribution in [0.1, 0.15) is 50.5 Å². The largest absolute Gasteiger partial charge is 0.493 e. The predicted molar refractivity (Wildman–Crippen MR) is 119 cm³/mol. The molecule has 0 saturated heterocycles. The average Bonchev–Trinajstić information content (AvgIpc) is 3.10. The van der Waals surface area contributed by atoms with Gasteiger partial charge in [0.05, 0.1) is 23.7 Å². The van der Waals surface area contributed by atoms with Gasteiger partial charge in [-0.05, 0) is 43.0 Å². The van der Waals surface area contributed by atoms with Crippen LogP contribution in [-0.4, -0.2) is 35.8 Å².